The highest BCUT2D eigenvalue weighted by Gasteiger charge is 2.28. The van der Waals surface area contributed by atoms with E-state index in [1.54, 1.807) is 0 Å². The number of morpholine rings is 1. The maximum atomic E-state index is 12.6. The molecule has 1 fully saturated rings. The number of phenols is 1. The molecular formula is C15H15ClN2O5S2. The van der Waals surface area contributed by atoms with E-state index in [1.165, 1.54) is 34.0 Å². The van der Waals surface area contributed by atoms with Crippen LogP contribution in [0.5, 0.6) is 5.75 Å². The first-order valence-corrected chi connectivity index (χ1v) is 10.0. The van der Waals surface area contributed by atoms with Crippen molar-refractivity contribution in [2.45, 2.75) is 4.90 Å². The zero-order valence-corrected chi connectivity index (χ0v) is 15.3. The normalized spacial score (nSPS) is 15.9. The van der Waals surface area contributed by atoms with E-state index in [4.69, 9.17) is 16.3 Å². The first kappa shape index (κ1) is 18.2. The highest BCUT2D eigenvalue weighted by molar-refractivity contribution is 7.89. The van der Waals surface area contributed by atoms with Gasteiger partial charge in [0.15, 0.2) is 0 Å². The quantitative estimate of drug-likeness (QED) is 0.765. The van der Waals surface area contributed by atoms with Gasteiger partial charge in [0.1, 0.15) is 5.75 Å². The summed E-state index contributed by atoms with van der Waals surface area (Å²) in [5.74, 6) is -0.651. The van der Waals surface area contributed by atoms with Crippen LogP contribution >= 0.6 is 22.9 Å². The minimum Gasteiger partial charge on any atom is -0.506 e. The predicted molar refractivity (Wildman–Crippen MR) is 95.0 cm³/mol. The molecule has 2 aromatic rings. The second-order valence-corrected chi connectivity index (χ2v) is 8.56. The van der Waals surface area contributed by atoms with E-state index < -0.39 is 15.9 Å². The zero-order chi connectivity index (χ0) is 18.0. The number of thiophene rings is 1. The number of rotatable bonds is 4. The van der Waals surface area contributed by atoms with Crippen LogP contribution in [-0.2, 0) is 14.8 Å². The molecule has 7 nitrogen and oxygen atoms in total. The van der Waals surface area contributed by atoms with Crippen molar-refractivity contribution in [3.05, 3.63) is 39.5 Å². The van der Waals surface area contributed by atoms with Crippen LogP contribution in [0.1, 0.15) is 9.67 Å². The van der Waals surface area contributed by atoms with E-state index in [0.717, 1.165) is 11.3 Å². The fourth-order valence-corrected chi connectivity index (χ4v) is 5.04. The lowest BCUT2D eigenvalue weighted by molar-refractivity contribution is 0.0730. The second-order valence-electron chi connectivity index (χ2n) is 5.28. The fourth-order valence-electron chi connectivity index (χ4n) is 2.30. The number of nitrogens with zero attached hydrogens (tertiary/aromatic N) is 1. The van der Waals surface area contributed by atoms with Crippen molar-refractivity contribution >= 4 is 44.6 Å². The van der Waals surface area contributed by atoms with Gasteiger partial charge in [-0.05, 0) is 24.3 Å². The van der Waals surface area contributed by atoms with Gasteiger partial charge in [0.25, 0.3) is 5.91 Å². The van der Waals surface area contributed by atoms with Crippen LogP contribution in [0, 0.1) is 0 Å². The lowest BCUT2D eigenvalue weighted by Gasteiger charge is -2.25. The highest BCUT2D eigenvalue weighted by atomic mass is 35.5. The molecule has 2 N–H and O–H groups in total. The van der Waals surface area contributed by atoms with Crippen LogP contribution in [0.25, 0.3) is 0 Å². The van der Waals surface area contributed by atoms with E-state index in [1.807, 2.05) is 0 Å². The monoisotopic (exact) mass is 402 g/mol. The SMILES string of the molecule is O=C(Nc1cc(Cl)ccc1O)c1cc(S(=O)(=O)N2CCOCC2)cs1. The minimum atomic E-state index is -3.65. The summed E-state index contributed by atoms with van der Waals surface area (Å²) < 4.78 is 31.6. The first-order chi connectivity index (χ1) is 11.9. The maximum absolute atomic E-state index is 12.6. The molecule has 2 heterocycles. The Bertz CT molecular complexity index is 891. The topological polar surface area (TPSA) is 95.9 Å². The van der Waals surface area contributed by atoms with E-state index >= 15 is 0 Å². The lowest BCUT2D eigenvalue weighted by atomic mass is 10.3. The van der Waals surface area contributed by atoms with Gasteiger partial charge in [-0.3, -0.25) is 4.79 Å². The third-order valence-corrected chi connectivity index (χ3v) is 6.80. The lowest BCUT2D eigenvalue weighted by Crippen LogP contribution is -2.40. The average Bonchev–Trinajstić information content (AvgIpc) is 3.10. The number of aromatic hydroxyl groups is 1. The summed E-state index contributed by atoms with van der Waals surface area (Å²) in [7, 11) is -3.65. The molecule has 0 bridgehead atoms. The molecule has 0 saturated carbocycles. The molecule has 0 aliphatic carbocycles. The number of ether oxygens (including phenoxy) is 1. The smallest absolute Gasteiger partial charge is 0.265 e. The van der Waals surface area contributed by atoms with Crippen LogP contribution in [0.15, 0.2) is 34.5 Å². The van der Waals surface area contributed by atoms with Crippen molar-refractivity contribution in [1.82, 2.24) is 4.31 Å². The second kappa shape index (κ2) is 7.30. The van der Waals surface area contributed by atoms with Gasteiger partial charge in [-0.1, -0.05) is 11.6 Å². The summed E-state index contributed by atoms with van der Waals surface area (Å²) in [6.07, 6.45) is 0. The number of hydrogen-bond acceptors (Lipinski definition) is 6. The first-order valence-electron chi connectivity index (χ1n) is 7.34. The molecule has 1 aromatic heterocycles. The molecule has 0 radical (unpaired) electrons. The number of amides is 1. The van der Waals surface area contributed by atoms with Crippen LogP contribution in [0.4, 0.5) is 5.69 Å². The van der Waals surface area contributed by atoms with Crippen LogP contribution < -0.4 is 5.32 Å². The Labute approximate surface area is 153 Å². The maximum Gasteiger partial charge on any atom is 0.265 e. The van der Waals surface area contributed by atoms with Crippen molar-refractivity contribution in [2.24, 2.45) is 0 Å². The predicted octanol–water partition coefficient (Wildman–Crippen LogP) is 2.38. The molecule has 1 aliphatic heterocycles. The summed E-state index contributed by atoms with van der Waals surface area (Å²) in [5, 5.41) is 14.1. The number of benzene rings is 1. The van der Waals surface area contributed by atoms with Gasteiger partial charge in [-0.25, -0.2) is 8.42 Å². The number of sulfonamides is 1. The molecule has 3 rings (SSSR count). The largest absolute Gasteiger partial charge is 0.506 e. The van der Waals surface area contributed by atoms with Crippen molar-refractivity contribution in [1.29, 1.82) is 0 Å². The fraction of sp³-hybridized carbons (Fsp3) is 0.267. The Morgan fingerprint density at radius 1 is 1.28 bits per heavy atom. The number of halogens is 1. The summed E-state index contributed by atoms with van der Waals surface area (Å²) in [6.45, 7) is 1.28. The van der Waals surface area contributed by atoms with E-state index in [-0.39, 0.29) is 34.3 Å². The molecule has 0 atom stereocenters. The molecule has 0 spiro atoms. The number of nitrogens with one attached hydrogen (secondary N) is 1. The van der Waals surface area contributed by atoms with Crippen molar-refractivity contribution in [3.8, 4) is 5.75 Å². The van der Waals surface area contributed by atoms with Crippen LogP contribution in [0.2, 0.25) is 5.02 Å². The summed E-state index contributed by atoms with van der Waals surface area (Å²) in [6, 6.07) is 5.59. The zero-order valence-electron chi connectivity index (χ0n) is 12.9. The van der Waals surface area contributed by atoms with Gasteiger partial charge < -0.3 is 15.2 Å². The average molecular weight is 403 g/mol. The summed E-state index contributed by atoms with van der Waals surface area (Å²) >= 11 is 6.86. The number of carbonyl (C=O) groups is 1. The number of phenolic OH excluding ortho intramolecular Hbond substituents is 1. The van der Waals surface area contributed by atoms with Gasteiger partial charge in [0.05, 0.1) is 28.7 Å². The third-order valence-electron chi connectivity index (χ3n) is 3.61. The number of anilines is 1. The Morgan fingerprint density at radius 2 is 2.00 bits per heavy atom. The third kappa shape index (κ3) is 3.96. The van der Waals surface area contributed by atoms with Crippen LogP contribution in [-0.4, -0.2) is 50.0 Å². The van der Waals surface area contributed by atoms with Crippen molar-refractivity contribution in [3.63, 3.8) is 0 Å². The minimum absolute atomic E-state index is 0.0693. The van der Waals surface area contributed by atoms with Crippen molar-refractivity contribution < 1.29 is 23.1 Å². The molecular weight excluding hydrogens is 388 g/mol. The molecule has 1 amide bonds. The summed E-state index contributed by atoms with van der Waals surface area (Å²) in [5.41, 5.74) is 0.156. The van der Waals surface area contributed by atoms with Gasteiger partial charge in [-0.15, -0.1) is 11.3 Å². The van der Waals surface area contributed by atoms with Gasteiger partial charge in [0.2, 0.25) is 10.0 Å². The molecule has 25 heavy (non-hydrogen) atoms. The molecule has 1 saturated heterocycles. The Morgan fingerprint density at radius 3 is 2.72 bits per heavy atom. The van der Waals surface area contributed by atoms with Gasteiger partial charge >= 0.3 is 0 Å². The number of hydrogen-bond donors (Lipinski definition) is 2. The molecule has 1 aromatic carbocycles. The summed E-state index contributed by atoms with van der Waals surface area (Å²) in [4.78, 5) is 12.6. The van der Waals surface area contributed by atoms with Crippen LogP contribution in [0.3, 0.4) is 0 Å². The molecule has 1 aliphatic rings. The van der Waals surface area contributed by atoms with Crippen molar-refractivity contribution in [2.75, 3.05) is 31.6 Å². The van der Waals surface area contributed by atoms with Gasteiger partial charge in [-0.2, -0.15) is 4.31 Å². The Kier molecular flexibility index (Phi) is 5.30. The van der Waals surface area contributed by atoms with E-state index in [0.29, 0.717) is 18.2 Å². The number of carbonyl (C=O) groups excluding carboxylic acids is 1. The molecule has 10 heteroatoms. The standard InChI is InChI=1S/C15H15ClN2O5S2/c16-10-1-2-13(19)12(7-10)17-15(20)14-8-11(9-24-14)25(21,22)18-3-5-23-6-4-18/h1-2,7-9,19H,3-6H2,(H,17,20). The highest BCUT2D eigenvalue weighted by Crippen LogP contribution is 2.29. The molecule has 0 unspecified atom stereocenters. The van der Waals surface area contributed by atoms with Gasteiger partial charge in [0, 0.05) is 23.5 Å². The Balaban J connectivity index is 1.78. The molecule has 134 valence electrons. The van der Waals surface area contributed by atoms with E-state index in [2.05, 4.69) is 5.32 Å². The van der Waals surface area contributed by atoms with E-state index in [9.17, 15) is 18.3 Å². The Hall–Kier alpha value is -1.65.